The molecule has 1 nitrogen and oxygen atoms in total. The van der Waals surface area contributed by atoms with E-state index in [4.69, 9.17) is 0 Å². The first kappa shape index (κ1) is 16.3. The highest BCUT2D eigenvalue weighted by molar-refractivity contribution is 5.15. The van der Waals surface area contributed by atoms with Crippen LogP contribution in [0.2, 0.25) is 0 Å². The Kier molecular flexibility index (Phi) is 5.64. The van der Waals surface area contributed by atoms with E-state index in [2.05, 4.69) is 69.4 Å². The Hall–Kier alpha value is -1.08. The van der Waals surface area contributed by atoms with Crippen LogP contribution >= 0.6 is 0 Å². The molecule has 0 radical (unpaired) electrons. The summed E-state index contributed by atoms with van der Waals surface area (Å²) in [6.07, 6.45) is 7.39. The molecule has 2 unspecified atom stereocenters. The molecular formula is C20H31N. The second kappa shape index (κ2) is 7.26. The van der Waals surface area contributed by atoms with Crippen LogP contribution in [0.4, 0.5) is 0 Å². The number of hydrogen-bond acceptors (Lipinski definition) is 1. The molecule has 21 heavy (non-hydrogen) atoms. The van der Waals surface area contributed by atoms with Gasteiger partial charge in [-0.3, -0.25) is 0 Å². The molecule has 0 spiro atoms. The molecule has 1 aliphatic rings. The van der Waals surface area contributed by atoms with Gasteiger partial charge in [-0.15, -0.1) is 0 Å². The van der Waals surface area contributed by atoms with Crippen molar-refractivity contribution in [2.75, 3.05) is 6.54 Å². The van der Waals surface area contributed by atoms with Crippen molar-refractivity contribution >= 4 is 0 Å². The molecule has 0 saturated heterocycles. The highest BCUT2D eigenvalue weighted by atomic mass is 15.0. The third-order valence-corrected chi connectivity index (χ3v) is 4.64. The predicted molar refractivity (Wildman–Crippen MR) is 92.5 cm³/mol. The first-order valence-electron chi connectivity index (χ1n) is 8.41. The molecule has 1 N–H and O–H groups in total. The maximum atomic E-state index is 3.81. The number of allylic oxidation sites excluding steroid dienone is 2. The van der Waals surface area contributed by atoms with E-state index in [1.165, 1.54) is 24.8 Å². The fourth-order valence-corrected chi connectivity index (χ4v) is 3.45. The van der Waals surface area contributed by atoms with Crippen LogP contribution in [0.15, 0.2) is 42.0 Å². The Morgan fingerprint density at radius 1 is 1.19 bits per heavy atom. The number of benzene rings is 1. The van der Waals surface area contributed by atoms with Gasteiger partial charge in [0.25, 0.3) is 0 Å². The molecular weight excluding hydrogens is 254 g/mol. The van der Waals surface area contributed by atoms with Crippen molar-refractivity contribution in [2.24, 2.45) is 11.8 Å². The van der Waals surface area contributed by atoms with Crippen molar-refractivity contribution in [3.05, 3.63) is 47.5 Å². The summed E-state index contributed by atoms with van der Waals surface area (Å²) >= 11 is 0. The largest absolute Gasteiger partial charge is 0.311 e. The summed E-state index contributed by atoms with van der Waals surface area (Å²) in [5, 5.41) is 3.81. The lowest BCUT2D eigenvalue weighted by molar-refractivity contribution is 0.301. The van der Waals surface area contributed by atoms with Gasteiger partial charge in [-0.05, 0) is 70.4 Å². The van der Waals surface area contributed by atoms with Crippen LogP contribution in [0.25, 0.3) is 0 Å². The molecule has 1 heteroatoms. The highest BCUT2D eigenvalue weighted by Crippen LogP contribution is 2.28. The topological polar surface area (TPSA) is 12.0 Å². The van der Waals surface area contributed by atoms with Gasteiger partial charge < -0.3 is 5.32 Å². The summed E-state index contributed by atoms with van der Waals surface area (Å²) in [7, 11) is 0. The van der Waals surface area contributed by atoms with E-state index in [0.29, 0.717) is 0 Å². The molecule has 1 aromatic rings. The molecule has 0 amide bonds. The van der Waals surface area contributed by atoms with Crippen LogP contribution in [-0.2, 0) is 6.42 Å². The molecule has 0 aromatic heterocycles. The van der Waals surface area contributed by atoms with Gasteiger partial charge in [-0.1, -0.05) is 48.9 Å². The van der Waals surface area contributed by atoms with Crippen LogP contribution < -0.4 is 5.32 Å². The molecule has 116 valence electrons. The van der Waals surface area contributed by atoms with Crippen LogP contribution in [0, 0.1) is 11.8 Å². The maximum Gasteiger partial charge on any atom is 0.0128 e. The van der Waals surface area contributed by atoms with E-state index in [9.17, 15) is 0 Å². The Balaban J connectivity index is 1.77. The molecule has 1 aromatic carbocycles. The highest BCUT2D eigenvalue weighted by Gasteiger charge is 2.22. The molecule has 0 aliphatic heterocycles. The zero-order valence-electron chi connectivity index (χ0n) is 14.2. The Morgan fingerprint density at radius 3 is 2.57 bits per heavy atom. The maximum absolute atomic E-state index is 3.81. The van der Waals surface area contributed by atoms with Crippen molar-refractivity contribution < 1.29 is 0 Å². The normalized spacial score (nSPS) is 23.0. The zero-order valence-corrected chi connectivity index (χ0v) is 14.2. The van der Waals surface area contributed by atoms with Crippen LogP contribution in [0.3, 0.4) is 0 Å². The fraction of sp³-hybridized carbons (Fsp3) is 0.600. The number of rotatable bonds is 6. The van der Waals surface area contributed by atoms with E-state index >= 15 is 0 Å². The van der Waals surface area contributed by atoms with E-state index in [-0.39, 0.29) is 5.54 Å². The lowest BCUT2D eigenvalue weighted by Crippen LogP contribution is -2.43. The van der Waals surface area contributed by atoms with E-state index in [1.54, 1.807) is 5.57 Å². The predicted octanol–water partition coefficient (Wildman–Crippen LogP) is 4.98. The van der Waals surface area contributed by atoms with Crippen LogP contribution in [0.5, 0.6) is 0 Å². The SMILES string of the molecule is CC1=CC(C)CC(CNC(C)(C)CCc2ccccc2)C1. The molecule has 1 aliphatic carbocycles. The third kappa shape index (κ3) is 5.67. The van der Waals surface area contributed by atoms with Gasteiger partial charge in [0.15, 0.2) is 0 Å². The zero-order chi connectivity index (χ0) is 15.3. The van der Waals surface area contributed by atoms with E-state index < -0.39 is 0 Å². The van der Waals surface area contributed by atoms with E-state index in [1.807, 2.05) is 0 Å². The Bertz CT molecular complexity index is 458. The first-order chi connectivity index (χ1) is 9.94. The summed E-state index contributed by atoms with van der Waals surface area (Å²) in [6, 6.07) is 10.8. The van der Waals surface area contributed by atoms with Crippen molar-refractivity contribution in [3.8, 4) is 0 Å². The van der Waals surface area contributed by atoms with Gasteiger partial charge in [-0.2, -0.15) is 0 Å². The molecule has 0 saturated carbocycles. The molecule has 0 bridgehead atoms. The fourth-order valence-electron chi connectivity index (χ4n) is 3.45. The summed E-state index contributed by atoms with van der Waals surface area (Å²) < 4.78 is 0. The molecule has 2 atom stereocenters. The molecule has 0 heterocycles. The average molecular weight is 285 g/mol. The standard InChI is InChI=1S/C20H31N/c1-16-12-17(2)14-19(13-16)15-21-20(3,4)11-10-18-8-6-5-7-9-18/h5-9,12,16,19,21H,10-11,13-15H2,1-4H3. The first-order valence-corrected chi connectivity index (χ1v) is 8.41. The van der Waals surface area contributed by atoms with Crippen molar-refractivity contribution in [1.82, 2.24) is 5.32 Å². The minimum atomic E-state index is 0.216. The lowest BCUT2D eigenvalue weighted by Gasteiger charge is -2.32. The molecule has 2 rings (SSSR count). The van der Waals surface area contributed by atoms with Gasteiger partial charge in [0.05, 0.1) is 0 Å². The average Bonchev–Trinajstić information content (AvgIpc) is 2.44. The quantitative estimate of drug-likeness (QED) is 0.727. The second-order valence-corrected chi connectivity index (χ2v) is 7.55. The van der Waals surface area contributed by atoms with E-state index in [0.717, 1.165) is 24.8 Å². The van der Waals surface area contributed by atoms with Gasteiger partial charge >= 0.3 is 0 Å². The smallest absolute Gasteiger partial charge is 0.0128 e. The monoisotopic (exact) mass is 285 g/mol. The second-order valence-electron chi connectivity index (χ2n) is 7.55. The third-order valence-electron chi connectivity index (χ3n) is 4.64. The Labute approximate surface area is 130 Å². The number of aryl methyl sites for hydroxylation is 1. The summed E-state index contributed by atoms with van der Waals surface area (Å²) in [5.74, 6) is 1.55. The van der Waals surface area contributed by atoms with Crippen molar-refractivity contribution in [1.29, 1.82) is 0 Å². The number of nitrogens with one attached hydrogen (secondary N) is 1. The van der Waals surface area contributed by atoms with Crippen LogP contribution in [-0.4, -0.2) is 12.1 Å². The summed E-state index contributed by atoms with van der Waals surface area (Å²) in [4.78, 5) is 0. The minimum Gasteiger partial charge on any atom is -0.311 e. The van der Waals surface area contributed by atoms with Gasteiger partial charge in [0.1, 0.15) is 0 Å². The molecule has 0 fully saturated rings. The minimum absolute atomic E-state index is 0.216. The Morgan fingerprint density at radius 2 is 1.90 bits per heavy atom. The van der Waals surface area contributed by atoms with Crippen molar-refractivity contribution in [3.63, 3.8) is 0 Å². The van der Waals surface area contributed by atoms with Crippen LogP contribution in [0.1, 0.15) is 52.5 Å². The van der Waals surface area contributed by atoms with Gasteiger partial charge in [0, 0.05) is 5.54 Å². The van der Waals surface area contributed by atoms with Gasteiger partial charge in [0.2, 0.25) is 0 Å². The lowest BCUT2D eigenvalue weighted by atomic mass is 9.83. The number of hydrogen-bond donors (Lipinski definition) is 1. The summed E-state index contributed by atoms with van der Waals surface area (Å²) in [5.41, 5.74) is 3.23. The van der Waals surface area contributed by atoms with Crippen molar-refractivity contribution in [2.45, 2.75) is 58.9 Å². The summed E-state index contributed by atoms with van der Waals surface area (Å²) in [6.45, 7) is 10.5. The van der Waals surface area contributed by atoms with Gasteiger partial charge in [-0.25, -0.2) is 0 Å².